The number of ether oxygens (including phenoxy) is 1. The van der Waals surface area contributed by atoms with Crippen LogP contribution in [-0.4, -0.2) is 23.6 Å². The van der Waals surface area contributed by atoms with Crippen molar-refractivity contribution in [2.24, 2.45) is 16.7 Å². The molecule has 0 radical (unpaired) electrons. The van der Waals surface area contributed by atoms with Crippen LogP contribution in [0, 0.1) is 16.7 Å². The van der Waals surface area contributed by atoms with E-state index in [0.717, 1.165) is 5.75 Å². The van der Waals surface area contributed by atoms with Gasteiger partial charge in [-0.15, -0.1) is 0 Å². The third-order valence-electron chi connectivity index (χ3n) is 5.45. The number of hydrogen-bond donors (Lipinski definition) is 2. The van der Waals surface area contributed by atoms with Crippen LogP contribution < -0.4 is 10.1 Å². The van der Waals surface area contributed by atoms with E-state index in [9.17, 15) is 14.7 Å². The number of hydrogen-bond acceptors (Lipinski definition) is 3. The maximum Gasteiger partial charge on any atom is 0.309 e. The molecule has 1 aliphatic rings. The van der Waals surface area contributed by atoms with E-state index in [1.54, 1.807) is 31.2 Å². The average Bonchev–Trinajstić information content (AvgIpc) is 2.73. The third-order valence-corrected chi connectivity index (χ3v) is 5.45. The molecule has 1 aliphatic carbocycles. The van der Waals surface area contributed by atoms with Gasteiger partial charge in [-0.2, -0.15) is 0 Å². The number of rotatable bonds is 5. The summed E-state index contributed by atoms with van der Waals surface area (Å²) in [5.74, 6) is -0.525. The first-order valence-corrected chi connectivity index (χ1v) is 7.99. The molecule has 23 heavy (non-hydrogen) atoms. The van der Waals surface area contributed by atoms with Gasteiger partial charge in [0, 0.05) is 11.6 Å². The van der Waals surface area contributed by atoms with E-state index in [4.69, 9.17) is 4.74 Å². The van der Waals surface area contributed by atoms with E-state index in [0.29, 0.717) is 25.1 Å². The Morgan fingerprint density at radius 2 is 1.87 bits per heavy atom. The van der Waals surface area contributed by atoms with Crippen LogP contribution in [0.3, 0.4) is 0 Å². The van der Waals surface area contributed by atoms with Crippen molar-refractivity contribution in [3.8, 4) is 5.75 Å². The third kappa shape index (κ3) is 3.05. The van der Waals surface area contributed by atoms with E-state index in [1.165, 1.54) is 0 Å². The first-order valence-electron chi connectivity index (χ1n) is 7.99. The highest BCUT2D eigenvalue weighted by Crippen LogP contribution is 2.56. The lowest BCUT2D eigenvalue weighted by atomic mass is 9.65. The molecule has 1 saturated carbocycles. The lowest BCUT2D eigenvalue weighted by Crippen LogP contribution is -2.43. The Morgan fingerprint density at radius 3 is 2.35 bits per heavy atom. The van der Waals surface area contributed by atoms with Crippen molar-refractivity contribution < 1.29 is 19.4 Å². The number of nitrogens with one attached hydrogen (secondary N) is 1. The van der Waals surface area contributed by atoms with E-state index in [2.05, 4.69) is 5.32 Å². The van der Waals surface area contributed by atoms with E-state index < -0.39 is 16.8 Å². The SMILES string of the molecule is CCOc1ccc(NC(=O)[C@@H]2CC[C@@](C)(C(=O)O)C2(C)C)cc1. The summed E-state index contributed by atoms with van der Waals surface area (Å²) in [6.07, 6.45) is 1.09. The van der Waals surface area contributed by atoms with Crippen LogP contribution in [0.15, 0.2) is 24.3 Å². The molecule has 0 spiro atoms. The average molecular weight is 319 g/mol. The molecule has 0 bridgehead atoms. The zero-order chi connectivity index (χ0) is 17.3. The molecule has 0 aliphatic heterocycles. The molecular formula is C18H25NO4. The number of amides is 1. The summed E-state index contributed by atoms with van der Waals surface area (Å²) in [6.45, 7) is 7.99. The minimum absolute atomic E-state index is 0.121. The summed E-state index contributed by atoms with van der Waals surface area (Å²) in [4.78, 5) is 24.2. The van der Waals surface area contributed by atoms with Crippen molar-refractivity contribution in [1.29, 1.82) is 0 Å². The number of carboxylic acid groups (broad SMARTS) is 1. The first kappa shape index (κ1) is 17.3. The van der Waals surface area contributed by atoms with Crippen LogP contribution in [0.4, 0.5) is 5.69 Å². The van der Waals surface area contributed by atoms with Gasteiger partial charge in [0.1, 0.15) is 5.75 Å². The summed E-state index contributed by atoms with van der Waals surface area (Å²) in [5, 5.41) is 12.4. The van der Waals surface area contributed by atoms with Gasteiger partial charge in [0.25, 0.3) is 0 Å². The van der Waals surface area contributed by atoms with Crippen LogP contribution >= 0.6 is 0 Å². The van der Waals surface area contributed by atoms with Crippen LogP contribution in [0.2, 0.25) is 0 Å². The molecule has 1 aromatic carbocycles. The molecule has 2 N–H and O–H groups in total. The summed E-state index contributed by atoms with van der Waals surface area (Å²) in [6, 6.07) is 7.20. The first-order chi connectivity index (χ1) is 10.7. The molecule has 1 amide bonds. The molecule has 0 unspecified atom stereocenters. The number of benzene rings is 1. The second-order valence-electron chi connectivity index (χ2n) is 6.90. The largest absolute Gasteiger partial charge is 0.494 e. The minimum Gasteiger partial charge on any atom is -0.494 e. The van der Waals surface area contributed by atoms with E-state index in [-0.39, 0.29) is 11.8 Å². The summed E-state index contributed by atoms with van der Waals surface area (Å²) < 4.78 is 5.37. The highest BCUT2D eigenvalue weighted by molar-refractivity contribution is 5.94. The van der Waals surface area contributed by atoms with Gasteiger partial charge in [-0.25, -0.2) is 0 Å². The maximum absolute atomic E-state index is 12.6. The fourth-order valence-electron chi connectivity index (χ4n) is 3.37. The van der Waals surface area contributed by atoms with Gasteiger partial charge in [0.2, 0.25) is 5.91 Å². The lowest BCUT2D eigenvalue weighted by molar-refractivity contribution is -0.154. The van der Waals surface area contributed by atoms with Crippen LogP contribution in [0.5, 0.6) is 5.75 Å². The standard InChI is InChI=1S/C18H25NO4/c1-5-23-13-8-6-12(7-9-13)19-15(20)14-10-11-18(4,16(21)22)17(14,2)3/h6-9,14H,5,10-11H2,1-4H3,(H,19,20)(H,21,22)/t14-,18-/m0/s1. The van der Waals surface area contributed by atoms with E-state index in [1.807, 2.05) is 20.8 Å². The molecule has 0 heterocycles. The predicted octanol–water partition coefficient (Wildman–Crippen LogP) is 3.55. The van der Waals surface area contributed by atoms with Crippen molar-refractivity contribution in [3.05, 3.63) is 24.3 Å². The van der Waals surface area contributed by atoms with Gasteiger partial charge in [-0.05, 0) is 56.4 Å². The fourth-order valence-corrected chi connectivity index (χ4v) is 3.37. The van der Waals surface area contributed by atoms with Crippen molar-refractivity contribution >= 4 is 17.6 Å². The Bertz CT molecular complexity index is 594. The quantitative estimate of drug-likeness (QED) is 0.870. The van der Waals surface area contributed by atoms with Gasteiger partial charge in [0.15, 0.2) is 0 Å². The number of anilines is 1. The highest BCUT2D eigenvalue weighted by atomic mass is 16.5. The molecular weight excluding hydrogens is 294 g/mol. The number of carboxylic acids is 1. The van der Waals surface area contributed by atoms with Crippen LogP contribution in [0.1, 0.15) is 40.5 Å². The predicted molar refractivity (Wildman–Crippen MR) is 88.5 cm³/mol. The molecule has 2 rings (SSSR count). The summed E-state index contributed by atoms with van der Waals surface area (Å²) in [7, 11) is 0. The number of carbonyl (C=O) groups excluding carboxylic acids is 1. The molecule has 1 aromatic rings. The summed E-state index contributed by atoms with van der Waals surface area (Å²) >= 11 is 0. The number of carbonyl (C=O) groups is 2. The normalized spacial score (nSPS) is 25.8. The second kappa shape index (κ2) is 6.22. The molecule has 1 fully saturated rings. The zero-order valence-corrected chi connectivity index (χ0v) is 14.2. The smallest absolute Gasteiger partial charge is 0.309 e. The van der Waals surface area contributed by atoms with Crippen molar-refractivity contribution in [3.63, 3.8) is 0 Å². The fraction of sp³-hybridized carbons (Fsp3) is 0.556. The Hall–Kier alpha value is -2.04. The Kier molecular flexibility index (Phi) is 4.68. The molecule has 2 atom stereocenters. The topological polar surface area (TPSA) is 75.6 Å². The highest BCUT2D eigenvalue weighted by Gasteiger charge is 2.58. The molecule has 126 valence electrons. The molecule has 5 heteroatoms. The number of aliphatic carboxylic acids is 1. The Balaban J connectivity index is 2.11. The van der Waals surface area contributed by atoms with Crippen molar-refractivity contribution in [1.82, 2.24) is 0 Å². The van der Waals surface area contributed by atoms with Gasteiger partial charge >= 0.3 is 5.97 Å². The van der Waals surface area contributed by atoms with Gasteiger partial charge in [-0.1, -0.05) is 13.8 Å². The van der Waals surface area contributed by atoms with Crippen molar-refractivity contribution in [2.75, 3.05) is 11.9 Å². The molecule has 0 saturated heterocycles. The monoisotopic (exact) mass is 319 g/mol. The molecule has 5 nitrogen and oxygen atoms in total. The van der Waals surface area contributed by atoms with Crippen LogP contribution in [-0.2, 0) is 9.59 Å². The molecule has 0 aromatic heterocycles. The minimum atomic E-state index is -0.881. The van der Waals surface area contributed by atoms with Gasteiger partial charge in [0.05, 0.1) is 12.0 Å². The Labute approximate surface area is 137 Å². The van der Waals surface area contributed by atoms with Crippen LogP contribution in [0.25, 0.3) is 0 Å². The lowest BCUT2D eigenvalue weighted by Gasteiger charge is -2.37. The zero-order valence-electron chi connectivity index (χ0n) is 14.2. The van der Waals surface area contributed by atoms with Crippen molar-refractivity contribution in [2.45, 2.75) is 40.5 Å². The summed E-state index contributed by atoms with van der Waals surface area (Å²) in [5.41, 5.74) is -0.791. The van der Waals surface area contributed by atoms with E-state index >= 15 is 0 Å². The van der Waals surface area contributed by atoms with Gasteiger partial charge in [-0.3, -0.25) is 9.59 Å². The Morgan fingerprint density at radius 1 is 1.26 bits per heavy atom. The maximum atomic E-state index is 12.6. The van der Waals surface area contributed by atoms with Gasteiger partial charge < -0.3 is 15.2 Å². The second-order valence-corrected chi connectivity index (χ2v) is 6.90.